The van der Waals surface area contributed by atoms with Gasteiger partial charge in [-0.2, -0.15) is 0 Å². The average Bonchev–Trinajstić information content (AvgIpc) is 3.13. The van der Waals surface area contributed by atoms with Gasteiger partial charge in [0, 0.05) is 29.9 Å². The maximum atomic E-state index is 12.3. The lowest BCUT2D eigenvalue weighted by Crippen LogP contribution is -2.59. The van der Waals surface area contributed by atoms with Gasteiger partial charge < -0.3 is 5.32 Å². The molecule has 1 amide bonds. The molecule has 126 valence electrons. The van der Waals surface area contributed by atoms with E-state index >= 15 is 0 Å². The zero-order valence-electron chi connectivity index (χ0n) is 13.6. The Morgan fingerprint density at radius 1 is 1.33 bits per heavy atom. The van der Waals surface area contributed by atoms with Crippen molar-refractivity contribution in [3.8, 4) is 0 Å². The molecule has 2 fully saturated rings. The summed E-state index contributed by atoms with van der Waals surface area (Å²) in [6, 6.07) is 4.62. The van der Waals surface area contributed by atoms with E-state index in [2.05, 4.69) is 37.7 Å². The molecule has 2 aliphatic rings. The summed E-state index contributed by atoms with van der Waals surface area (Å²) in [7, 11) is 0. The molecule has 0 unspecified atom stereocenters. The normalized spacial score (nSPS) is 22.9. The number of carbonyl (C=O) groups is 1. The first-order valence-electron chi connectivity index (χ1n) is 8.57. The van der Waals surface area contributed by atoms with Crippen LogP contribution >= 0.6 is 11.3 Å². The highest BCUT2D eigenvalue weighted by Gasteiger charge is 2.48. The number of aromatic nitrogens is 2. The Morgan fingerprint density at radius 2 is 2.21 bits per heavy atom. The highest BCUT2D eigenvalue weighted by atomic mass is 32.1. The number of hydrogen-bond donors (Lipinski definition) is 1. The molecule has 1 saturated carbocycles. The molecule has 1 aliphatic heterocycles. The Morgan fingerprint density at radius 3 is 2.83 bits per heavy atom. The van der Waals surface area contributed by atoms with Crippen molar-refractivity contribution in [1.29, 1.82) is 0 Å². The number of amides is 1. The molecule has 3 heterocycles. The van der Waals surface area contributed by atoms with E-state index in [-0.39, 0.29) is 11.9 Å². The molecule has 2 aromatic rings. The van der Waals surface area contributed by atoms with E-state index in [1.54, 1.807) is 12.4 Å². The minimum absolute atomic E-state index is 0.0896. The molecule has 5 nitrogen and oxygen atoms in total. The molecule has 6 heteroatoms. The van der Waals surface area contributed by atoms with Crippen molar-refractivity contribution in [2.24, 2.45) is 5.41 Å². The van der Waals surface area contributed by atoms with Crippen molar-refractivity contribution in [2.45, 2.75) is 38.3 Å². The number of carbonyl (C=O) groups excluding carboxylic acids is 1. The highest BCUT2D eigenvalue weighted by Crippen LogP contribution is 2.49. The molecule has 0 aromatic carbocycles. The zero-order valence-corrected chi connectivity index (χ0v) is 14.5. The summed E-state index contributed by atoms with van der Waals surface area (Å²) in [4.78, 5) is 24.4. The second kappa shape index (κ2) is 6.61. The molecule has 0 bridgehead atoms. The van der Waals surface area contributed by atoms with Crippen LogP contribution in [0.3, 0.4) is 0 Å². The maximum Gasteiger partial charge on any atom is 0.271 e. The SMILES string of the molecule is O=C(N[C@H]1CCC12CCN(Cc1cccs1)CC2)c1cnccn1. The van der Waals surface area contributed by atoms with Gasteiger partial charge in [-0.05, 0) is 55.6 Å². The number of hydrogen-bond acceptors (Lipinski definition) is 5. The van der Waals surface area contributed by atoms with Crippen molar-refractivity contribution in [3.05, 3.63) is 46.7 Å². The lowest BCUT2D eigenvalue weighted by atomic mass is 9.59. The molecule has 2 aromatic heterocycles. The fourth-order valence-corrected chi connectivity index (χ4v) is 4.69. The van der Waals surface area contributed by atoms with Crippen LogP contribution < -0.4 is 5.32 Å². The maximum absolute atomic E-state index is 12.3. The van der Waals surface area contributed by atoms with Crippen LogP contribution in [-0.2, 0) is 6.54 Å². The zero-order chi connectivity index (χ0) is 16.4. The predicted molar refractivity (Wildman–Crippen MR) is 93.8 cm³/mol. The summed E-state index contributed by atoms with van der Waals surface area (Å²) in [5.41, 5.74) is 0.707. The number of nitrogens with zero attached hydrogens (tertiary/aromatic N) is 3. The van der Waals surface area contributed by atoms with Crippen LogP contribution in [0, 0.1) is 5.41 Å². The van der Waals surface area contributed by atoms with E-state index in [1.807, 2.05) is 11.3 Å². The van der Waals surface area contributed by atoms with Gasteiger partial charge in [-0.1, -0.05) is 6.07 Å². The van der Waals surface area contributed by atoms with Crippen LogP contribution in [0.4, 0.5) is 0 Å². The van der Waals surface area contributed by atoms with Gasteiger partial charge in [0.25, 0.3) is 5.91 Å². The summed E-state index contributed by atoms with van der Waals surface area (Å²) in [5, 5.41) is 5.34. The topological polar surface area (TPSA) is 58.1 Å². The van der Waals surface area contributed by atoms with Crippen LogP contribution in [0.25, 0.3) is 0 Å². The van der Waals surface area contributed by atoms with Gasteiger partial charge in [0.2, 0.25) is 0 Å². The Bertz CT molecular complexity index is 680. The average molecular weight is 342 g/mol. The van der Waals surface area contributed by atoms with E-state index in [0.29, 0.717) is 11.1 Å². The molecule has 1 saturated heterocycles. The van der Waals surface area contributed by atoms with Gasteiger partial charge in [0.05, 0.1) is 6.20 Å². The first-order chi connectivity index (χ1) is 11.8. The number of rotatable bonds is 4. The third-order valence-corrected chi connectivity index (χ3v) is 6.44. The van der Waals surface area contributed by atoms with Gasteiger partial charge in [-0.25, -0.2) is 4.98 Å². The molecule has 1 N–H and O–H groups in total. The lowest BCUT2D eigenvalue weighted by molar-refractivity contribution is -0.00695. The Labute approximate surface area is 146 Å². The molecule has 4 rings (SSSR count). The second-order valence-corrected chi connectivity index (χ2v) is 7.91. The summed E-state index contributed by atoms with van der Waals surface area (Å²) < 4.78 is 0. The van der Waals surface area contributed by atoms with Gasteiger partial charge in [0.15, 0.2) is 0 Å². The molecule has 1 spiro atoms. The summed E-state index contributed by atoms with van der Waals surface area (Å²) in [5.74, 6) is -0.0896. The largest absolute Gasteiger partial charge is 0.347 e. The van der Waals surface area contributed by atoms with E-state index < -0.39 is 0 Å². The smallest absolute Gasteiger partial charge is 0.271 e. The van der Waals surface area contributed by atoms with Crippen molar-refractivity contribution in [1.82, 2.24) is 20.2 Å². The Hall–Kier alpha value is -1.79. The molecule has 1 aliphatic carbocycles. The molecular formula is C18H22N4OS. The van der Waals surface area contributed by atoms with Crippen molar-refractivity contribution in [3.63, 3.8) is 0 Å². The minimum atomic E-state index is -0.0896. The number of piperidine rings is 1. The number of likely N-dealkylation sites (tertiary alicyclic amines) is 1. The Kier molecular flexibility index (Phi) is 4.33. The quantitative estimate of drug-likeness (QED) is 0.928. The van der Waals surface area contributed by atoms with Gasteiger partial charge in [0.1, 0.15) is 5.69 Å². The number of nitrogens with one attached hydrogen (secondary N) is 1. The van der Waals surface area contributed by atoms with Crippen LogP contribution in [0.2, 0.25) is 0 Å². The summed E-state index contributed by atoms with van der Waals surface area (Å²) in [6.07, 6.45) is 9.33. The van der Waals surface area contributed by atoms with E-state index in [4.69, 9.17) is 0 Å². The van der Waals surface area contributed by atoms with E-state index in [1.165, 1.54) is 30.3 Å². The predicted octanol–water partition coefficient (Wildman–Crippen LogP) is 2.71. The van der Waals surface area contributed by atoms with Crippen molar-refractivity contribution < 1.29 is 4.79 Å². The monoisotopic (exact) mass is 342 g/mol. The van der Waals surface area contributed by atoms with Crippen molar-refractivity contribution in [2.75, 3.05) is 13.1 Å². The first-order valence-corrected chi connectivity index (χ1v) is 9.45. The first kappa shape index (κ1) is 15.7. The summed E-state index contributed by atoms with van der Waals surface area (Å²) in [6.45, 7) is 3.30. The third kappa shape index (κ3) is 3.08. The second-order valence-electron chi connectivity index (χ2n) is 6.87. The third-order valence-electron chi connectivity index (χ3n) is 5.58. The van der Waals surface area contributed by atoms with Crippen LogP contribution in [0.15, 0.2) is 36.1 Å². The number of thiophene rings is 1. The van der Waals surface area contributed by atoms with Crippen molar-refractivity contribution >= 4 is 17.2 Å². The summed E-state index contributed by atoms with van der Waals surface area (Å²) >= 11 is 1.83. The standard InChI is InChI=1S/C18H22N4OS/c23-17(15-12-19-7-8-20-15)21-16-3-4-18(16)5-9-22(10-6-18)13-14-2-1-11-24-14/h1-2,7-8,11-12,16H,3-6,9-10,13H2,(H,21,23)/t16-/m0/s1. The van der Waals surface area contributed by atoms with Crippen LogP contribution in [0.5, 0.6) is 0 Å². The van der Waals surface area contributed by atoms with Crippen LogP contribution in [0.1, 0.15) is 41.0 Å². The lowest BCUT2D eigenvalue weighted by Gasteiger charge is -2.54. The fraction of sp³-hybridized carbons (Fsp3) is 0.500. The molecular weight excluding hydrogens is 320 g/mol. The van der Waals surface area contributed by atoms with E-state index in [0.717, 1.165) is 26.1 Å². The molecule has 0 radical (unpaired) electrons. The fourth-order valence-electron chi connectivity index (χ4n) is 3.95. The van der Waals surface area contributed by atoms with Gasteiger partial charge in [-0.3, -0.25) is 14.7 Å². The van der Waals surface area contributed by atoms with E-state index in [9.17, 15) is 4.79 Å². The van der Waals surface area contributed by atoms with Gasteiger partial charge in [-0.15, -0.1) is 11.3 Å². The van der Waals surface area contributed by atoms with Crippen LogP contribution in [-0.4, -0.2) is 39.9 Å². The minimum Gasteiger partial charge on any atom is -0.347 e. The highest BCUT2D eigenvalue weighted by molar-refractivity contribution is 7.09. The molecule has 1 atom stereocenters. The molecule has 24 heavy (non-hydrogen) atoms. The van der Waals surface area contributed by atoms with Gasteiger partial charge >= 0.3 is 0 Å². The Balaban J connectivity index is 1.33.